The average Bonchev–Trinajstić information content (AvgIpc) is 2.85. The maximum absolute atomic E-state index is 5.60. The normalized spacial score (nSPS) is 12.4. The second kappa shape index (κ2) is 6.33. The van der Waals surface area contributed by atoms with Crippen LogP contribution in [0.5, 0.6) is 5.75 Å². The van der Waals surface area contributed by atoms with Crippen molar-refractivity contribution in [1.29, 1.82) is 0 Å². The fourth-order valence-electron chi connectivity index (χ4n) is 1.95. The lowest BCUT2D eigenvalue weighted by atomic mass is 10.1. The van der Waals surface area contributed by atoms with Crippen LogP contribution in [0.3, 0.4) is 0 Å². The zero-order valence-electron chi connectivity index (χ0n) is 11.5. The molecule has 0 aliphatic rings. The standard InChI is InChI=1S/C14H19N3O2/c1-4-13(15-3)11-5-7-12(8-6-11)18-9-14-16-10(2)19-17-14/h5-8,13,15H,4,9H2,1-3H3. The Hall–Kier alpha value is -1.88. The maximum Gasteiger partial charge on any atom is 0.223 e. The van der Waals surface area contributed by atoms with E-state index in [1.807, 2.05) is 19.2 Å². The fourth-order valence-corrected chi connectivity index (χ4v) is 1.95. The van der Waals surface area contributed by atoms with Crippen LogP contribution in [0.1, 0.15) is 36.7 Å². The van der Waals surface area contributed by atoms with E-state index >= 15 is 0 Å². The second-order valence-electron chi connectivity index (χ2n) is 4.34. The smallest absolute Gasteiger partial charge is 0.223 e. The van der Waals surface area contributed by atoms with Crippen LogP contribution in [0.25, 0.3) is 0 Å². The maximum atomic E-state index is 5.60. The summed E-state index contributed by atoms with van der Waals surface area (Å²) in [6.07, 6.45) is 1.05. The Morgan fingerprint density at radius 1 is 1.32 bits per heavy atom. The molecule has 19 heavy (non-hydrogen) atoms. The molecule has 1 atom stereocenters. The van der Waals surface area contributed by atoms with Gasteiger partial charge in [-0.15, -0.1) is 0 Å². The van der Waals surface area contributed by atoms with Crippen molar-refractivity contribution in [3.8, 4) is 5.75 Å². The third kappa shape index (κ3) is 3.54. The van der Waals surface area contributed by atoms with Gasteiger partial charge in [-0.3, -0.25) is 0 Å². The molecule has 0 radical (unpaired) electrons. The predicted octanol–water partition coefficient (Wildman–Crippen LogP) is 2.63. The summed E-state index contributed by atoms with van der Waals surface area (Å²) in [6, 6.07) is 8.45. The van der Waals surface area contributed by atoms with Crippen LogP contribution in [0.15, 0.2) is 28.8 Å². The Kier molecular flexibility index (Phi) is 4.52. The van der Waals surface area contributed by atoms with Gasteiger partial charge in [0.1, 0.15) is 5.75 Å². The number of benzene rings is 1. The molecule has 1 N–H and O–H groups in total. The van der Waals surface area contributed by atoms with Gasteiger partial charge >= 0.3 is 0 Å². The quantitative estimate of drug-likeness (QED) is 0.866. The van der Waals surface area contributed by atoms with Gasteiger partial charge in [0.25, 0.3) is 0 Å². The van der Waals surface area contributed by atoms with Crippen LogP contribution < -0.4 is 10.1 Å². The summed E-state index contributed by atoms with van der Waals surface area (Å²) in [6.45, 7) is 4.23. The molecule has 102 valence electrons. The number of nitrogens with zero attached hydrogens (tertiary/aromatic N) is 2. The van der Waals surface area contributed by atoms with Crippen molar-refractivity contribution in [3.05, 3.63) is 41.5 Å². The van der Waals surface area contributed by atoms with Crippen molar-refractivity contribution in [1.82, 2.24) is 15.5 Å². The summed E-state index contributed by atoms with van der Waals surface area (Å²) in [5.74, 6) is 1.91. The highest BCUT2D eigenvalue weighted by Gasteiger charge is 2.07. The van der Waals surface area contributed by atoms with Crippen molar-refractivity contribution in [3.63, 3.8) is 0 Å². The molecule has 2 rings (SSSR count). The van der Waals surface area contributed by atoms with Gasteiger partial charge in [0.15, 0.2) is 6.61 Å². The highest BCUT2D eigenvalue weighted by atomic mass is 16.5. The van der Waals surface area contributed by atoms with E-state index in [0.29, 0.717) is 24.4 Å². The molecule has 0 amide bonds. The summed E-state index contributed by atoms with van der Waals surface area (Å²) in [4.78, 5) is 4.09. The minimum absolute atomic E-state index is 0.319. The van der Waals surface area contributed by atoms with Crippen molar-refractivity contribution in [2.45, 2.75) is 32.9 Å². The molecule has 0 bridgehead atoms. The van der Waals surface area contributed by atoms with Crippen LogP contribution in [0.4, 0.5) is 0 Å². The number of nitrogens with one attached hydrogen (secondary N) is 1. The van der Waals surface area contributed by atoms with Gasteiger partial charge in [0, 0.05) is 13.0 Å². The highest BCUT2D eigenvalue weighted by Crippen LogP contribution is 2.20. The first-order valence-electron chi connectivity index (χ1n) is 6.42. The second-order valence-corrected chi connectivity index (χ2v) is 4.34. The van der Waals surface area contributed by atoms with E-state index in [2.05, 4.69) is 34.5 Å². The first kappa shape index (κ1) is 13.5. The van der Waals surface area contributed by atoms with Crippen LogP contribution in [0.2, 0.25) is 0 Å². The van der Waals surface area contributed by atoms with E-state index in [1.54, 1.807) is 6.92 Å². The zero-order valence-corrected chi connectivity index (χ0v) is 11.5. The molecule has 0 saturated heterocycles. The molecular formula is C14H19N3O2. The van der Waals surface area contributed by atoms with Gasteiger partial charge in [0.05, 0.1) is 0 Å². The third-order valence-corrected chi connectivity index (χ3v) is 2.98. The van der Waals surface area contributed by atoms with E-state index in [-0.39, 0.29) is 0 Å². The van der Waals surface area contributed by atoms with Crippen LogP contribution in [-0.2, 0) is 6.61 Å². The average molecular weight is 261 g/mol. The van der Waals surface area contributed by atoms with Gasteiger partial charge in [-0.1, -0.05) is 24.2 Å². The number of aromatic nitrogens is 2. The van der Waals surface area contributed by atoms with Gasteiger partial charge in [-0.05, 0) is 31.2 Å². The largest absolute Gasteiger partial charge is 0.485 e. The molecular weight excluding hydrogens is 242 g/mol. The topological polar surface area (TPSA) is 60.2 Å². The minimum atomic E-state index is 0.319. The highest BCUT2D eigenvalue weighted by molar-refractivity contribution is 5.29. The van der Waals surface area contributed by atoms with Gasteiger partial charge in [-0.2, -0.15) is 4.98 Å². The summed E-state index contributed by atoms with van der Waals surface area (Å²) in [5.41, 5.74) is 1.26. The molecule has 1 unspecified atom stereocenters. The molecule has 1 aromatic heterocycles. The summed E-state index contributed by atoms with van der Waals surface area (Å²) >= 11 is 0. The number of hydrogen-bond donors (Lipinski definition) is 1. The van der Waals surface area contributed by atoms with Crippen molar-refractivity contribution in [2.24, 2.45) is 0 Å². The zero-order chi connectivity index (χ0) is 13.7. The molecule has 5 heteroatoms. The first-order chi connectivity index (χ1) is 9.22. The molecule has 0 saturated carbocycles. The van der Waals surface area contributed by atoms with Gasteiger partial charge < -0.3 is 14.6 Å². The van der Waals surface area contributed by atoms with Gasteiger partial charge in [0.2, 0.25) is 11.7 Å². The summed E-state index contributed by atoms with van der Waals surface area (Å²) in [5, 5.41) is 7.06. The number of hydrogen-bond acceptors (Lipinski definition) is 5. The number of aryl methyl sites for hydroxylation is 1. The van der Waals surface area contributed by atoms with Crippen molar-refractivity contribution < 1.29 is 9.26 Å². The van der Waals surface area contributed by atoms with Crippen molar-refractivity contribution in [2.75, 3.05) is 7.05 Å². The van der Waals surface area contributed by atoms with E-state index < -0.39 is 0 Å². The SMILES string of the molecule is CCC(NC)c1ccc(OCc2noc(C)n2)cc1. The Balaban J connectivity index is 1.95. The third-order valence-electron chi connectivity index (χ3n) is 2.98. The fraction of sp³-hybridized carbons (Fsp3) is 0.429. The van der Waals surface area contributed by atoms with Crippen LogP contribution >= 0.6 is 0 Å². The molecule has 1 aromatic carbocycles. The number of rotatable bonds is 6. The van der Waals surface area contributed by atoms with E-state index in [0.717, 1.165) is 12.2 Å². The monoisotopic (exact) mass is 261 g/mol. The Labute approximate surface area is 113 Å². The number of ether oxygens (including phenoxy) is 1. The summed E-state index contributed by atoms with van der Waals surface area (Å²) in [7, 11) is 1.97. The van der Waals surface area contributed by atoms with Crippen LogP contribution in [0, 0.1) is 6.92 Å². The predicted molar refractivity (Wildman–Crippen MR) is 71.9 cm³/mol. The molecule has 0 spiro atoms. The van der Waals surface area contributed by atoms with E-state index in [9.17, 15) is 0 Å². The van der Waals surface area contributed by atoms with Gasteiger partial charge in [-0.25, -0.2) is 0 Å². The lowest BCUT2D eigenvalue weighted by molar-refractivity contribution is 0.285. The lowest BCUT2D eigenvalue weighted by Crippen LogP contribution is -2.14. The van der Waals surface area contributed by atoms with Crippen LogP contribution in [-0.4, -0.2) is 17.2 Å². The molecule has 0 fully saturated rings. The molecule has 2 aromatic rings. The molecule has 0 aliphatic heterocycles. The van der Waals surface area contributed by atoms with E-state index in [4.69, 9.17) is 9.26 Å². The van der Waals surface area contributed by atoms with E-state index in [1.165, 1.54) is 5.56 Å². The minimum Gasteiger partial charge on any atom is -0.485 e. The molecule has 1 heterocycles. The first-order valence-corrected chi connectivity index (χ1v) is 6.42. The lowest BCUT2D eigenvalue weighted by Gasteiger charge is -2.14. The molecule has 5 nitrogen and oxygen atoms in total. The Bertz CT molecular complexity index is 504. The molecule has 0 aliphatic carbocycles. The Morgan fingerprint density at radius 3 is 2.58 bits per heavy atom. The van der Waals surface area contributed by atoms with Crippen molar-refractivity contribution >= 4 is 0 Å². The summed E-state index contributed by atoms with van der Waals surface area (Å²) < 4.78 is 10.5. The Morgan fingerprint density at radius 2 is 2.05 bits per heavy atom.